The molecule has 2 atom stereocenters. The fraction of sp³-hybridized carbons (Fsp3) is 0.195. The van der Waals surface area contributed by atoms with Gasteiger partial charge in [0.1, 0.15) is 22.8 Å². The summed E-state index contributed by atoms with van der Waals surface area (Å²) in [6, 6.07) is 24.7. The lowest BCUT2D eigenvalue weighted by atomic mass is 10.0. The van der Waals surface area contributed by atoms with E-state index in [0.717, 1.165) is 102 Å². The van der Waals surface area contributed by atoms with Crippen molar-refractivity contribution < 1.29 is 8.83 Å². The van der Waals surface area contributed by atoms with Crippen LogP contribution in [0, 0.1) is 0 Å². The molecule has 1 aliphatic rings. The van der Waals surface area contributed by atoms with Crippen molar-refractivity contribution in [1.29, 1.82) is 0 Å². The van der Waals surface area contributed by atoms with Crippen molar-refractivity contribution in [2.75, 3.05) is 4.90 Å². The number of aliphatic imine (C=N–C) groups is 1. The van der Waals surface area contributed by atoms with Crippen LogP contribution in [0.25, 0.3) is 66.7 Å². The molecule has 0 bridgehead atoms. The highest BCUT2D eigenvalue weighted by atomic mass is 16.3. The number of nitrogens with zero attached hydrogens (tertiary/aromatic N) is 5. The van der Waals surface area contributed by atoms with Crippen molar-refractivity contribution in [2.45, 2.75) is 52.6 Å². The lowest BCUT2D eigenvalue weighted by Gasteiger charge is -2.28. The largest absolute Gasteiger partial charge is 0.454 e. The van der Waals surface area contributed by atoms with Crippen LogP contribution in [0.15, 0.2) is 106 Å². The number of fused-ring (bicyclic) bond motifs is 8. The van der Waals surface area contributed by atoms with E-state index in [4.69, 9.17) is 24.5 Å². The van der Waals surface area contributed by atoms with Gasteiger partial charge in [-0.3, -0.25) is 9.55 Å². The molecule has 0 amide bonds. The van der Waals surface area contributed by atoms with Gasteiger partial charge in [0.25, 0.3) is 0 Å². The van der Waals surface area contributed by atoms with Crippen LogP contribution in [0.2, 0.25) is 0 Å². The molecule has 9 rings (SSSR count). The van der Waals surface area contributed by atoms with E-state index in [1.54, 1.807) is 12.4 Å². The zero-order valence-corrected chi connectivity index (χ0v) is 28.1. The third-order valence-electron chi connectivity index (χ3n) is 9.50. The number of pyridine rings is 2. The van der Waals surface area contributed by atoms with E-state index in [2.05, 4.69) is 88.6 Å². The van der Waals surface area contributed by atoms with Gasteiger partial charge in [0.05, 0.1) is 34.5 Å². The summed E-state index contributed by atoms with van der Waals surface area (Å²) in [6.07, 6.45) is 9.20. The van der Waals surface area contributed by atoms with Gasteiger partial charge in [-0.05, 0) is 55.8 Å². The molecule has 244 valence electrons. The molecule has 0 fully saturated rings. The van der Waals surface area contributed by atoms with E-state index in [1.165, 1.54) is 0 Å². The number of aromatic nitrogens is 3. The molecule has 5 aromatic heterocycles. The van der Waals surface area contributed by atoms with Crippen molar-refractivity contribution in [3.63, 3.8) is 0 Å². The molecule has 49 heavy (non-hydrogen) atoms. The Kier molecular flexibility index (Phi) is 7.53. The first-order valence-electron chi connectivity index (χ1n) is 17.0. The van der Waals surface area contributed by atoms with Crippen LogP contribution in [0.5, 0.6) is 0 Å². The number of para-hydroxylation sites is 2. The summed E-state index contributed by atoms with van der Waals surface area (Å²) in [6.45, 7) is 12.2. The first-order chi connectivity index (χ1) is 24.1. The summed E-state index contributed by atoms with van der Waals surface area (Å²) in [4.78, 5) is 16.5. The summed E-state index contributed by atoms with van der Waals surface area (Å²) in [5.41, 5.74) is 15.5. The van der Waals surface area contributed by atoms with E-state index in [9.17, 15) is 0 Å². The highest BCUT2D eigenvalue weighted by molar-refractivity contribution is 6.17. The summed E-state index contributed by atoms with van der Waals surface area (Å²) >= 11 is 0. The Labute approximate surface area is 284 Å². The summed E-state index contributed by atoms with van der Waals surface area (Å²) < 4.78 is 15.6. The zero-order chi connectivity index (χ0) is 33.8. The topological polar surface area (TPSA) is 98.6 Å². The molecular weight excluding hydrogens is 608 g/mol. The predicted molar refractivity (Wildman–Crippen MR) is 203 cm³/mol. The number of benzene rings is 3. The Bertz CT molecular complexity index is 2570. The van der Waals surface area contributed by atoms with Crippen LogP contribution in [0.1, 0.15) is 57.7 Å². The molecule has 0 spiro atoms. The fourth-order valence-electron chi connectivity index (χ4n) is 7.52. The number of nitrogens with two attached hydrogens (primary N) is 1. The lowest BCUT2D eigenvalue weighted by molar-refractivity contribution is 0.526. The highest BCUT2D eigenvalue weighted by Crippen LogP contribution is 2.48. The number of hydrogen-bond acceptors (Lipinski definition) is 7. The lowest BCUT2D eigenvalue weighted by Crippen LogP contribution is -2.34. The van der Waals surface area contributed by atoms with Crippen LogP contribution in [-0.4, -0.2) is 26.8 Å². The molecule has 2 unspecified atom stereocenters. The Balaban J connectivity index is 0.00000171. The van der Waals surface area contributed by atoms with Gasteiger partial charge in [0, 0.05) is 51.3 Å². The average Bonchev–Trinajstić information content (AvgIpc) is 3.86. The summed E-state index contributed by atoms with van der Waals surface area (Å²) in [7, 11) is 0. The van der Waals surface area contributed by atoms with Gasteiger partial charge in [0.2, 0.25) is 0 Å². The van der Waals surface area contributed by atoms with E-state index >= 15 is 0 Å². The van der Waals surface area contributed by atoms with Crippen LogP contribution < -0.4 is 10.6 Å². The quantitative estimate of drug-likeness (QED) is 0.181. The molecule has 0 saturated carbocycles. The van der Waals surface area contributed by atoms with Crippen LogP contribution in [-0.2, 0) is 0 Å². The van der Waals surface area contributed by atoms with Gasteiger partial charge in [0.15, 0.2) is 11.2 Å². The second-order valence-corrected chi connectivity index (χ2v) is 12.1. The molecular formula is C41H38N6O2. The van der Waals surface area contributed by atoms with E-state index in [1.807, 2.05) is 45.2 Å². The Morgan fingerprint density at radius 2 is 1.51 bits per heavy atom. The second-order valence-electron chi connectivity index (χ2n) is 12.1. The first kappa shape index (κ1) is 30.6. The van der Waals surface area contributed by atoms with Crippen molar-refractivity contribution in [3.8, 4) is 5.69 Å². The molecule has 8 aromatic rings. The smallest absolute Gasteiger partial charge is 0.159 e. The minimum Gasteiger partial charge on any atom is -0.454 e. The monoisotopic (exact) mass is 646 g/mol. The zero-order valence-electron chi connectivity index (χ0n) is 28.1. The Morgan fingerprint density at radius 1 is 0.857 bits per heavy atom. The van der Waals surface area contributed by atoms with Crippen molar-refractivity contribution >= 4 is 84.5 Å². The molecule has 2 N–H and O–H groups in total. The molecule has 3 aromatic carbocycles. The van der Waals surface area contributed by atoms with Gasteiger partial charge >= 0.3 is 0 Å². The maximum absolute atomic E-state index is 6.81. The van der Waals surface area contributed by atoms with Gasteiger partial charge < -0.3 is 19.5 Å². The Hall–Kier alpha value is -5.73. The third-order valence-corrected chi connectivity index (χ3v) is 9.50. The molecule has 1 aliphatic heterocycles. The minimum absolute atomic E-state index is 0.0888. The van der Waals surface area contributed by atoms with E-state index < -0.39 is 0 Å². The summed E-state index contributed by atoms with van der Waals surface area (Å²) in [5.74, 6) is 1.66. The van der Waals surface area contributed by atoms with Gasteiger partial charge in [-0.2, -0.15) is 0 Å². The number of anilines is 2. The van der Waals surface area contributed by atoms with Gasteiger partial charge in [-0.15, -0.1) is 0 Å². The summed E-state index contributed by atoms with van der Waals surface area (Å²) in [5, 5.41) is 3.98. The number of rotatable bonds is 6. The SMILES string of the molecule is C=Cc1c(/N=C\C)n(-c2cccc3c2oc2cc4c(cc23)oc2c(N3c5ncccc5C(N)C3CCC)cccc24)c2cccnc12.CC. The molecule has 0 radical (unpaired) electrons. The molecule has 0 aliphatic carbocycles. The first-order valence-corrected chi connectivity index (χ1v) is 17.0. The maximum atomic E-state index is 6.81. The maximum Gasteiger partial charge on any atom is 0.159 e. The van der Waals surface area contributed by atoms with E-state index in [0.29, 0.717) is 0 Å². The van der Waals surface area contributed by atoms with E-state index in [-0.39, 0.29) is 12.1 Å². The minimum atomic E-state index is -0.125. The van der Waals surface area contributed by atoms with Crippen molar-refractivity contribution in [1.82, 2.24) is 14.5 Å². The van der Waals surface area contributed by atoms with Crippen LogP contribution >= 0.6 is 0 Å². The second kappa shape index (κ2) is 12.1. The normalized spacial score (nSPS) is 16.0. The molecule has 8 heteroatoms. The number of furan rings is 2. The molecule has 6 heterocycles. The highest BCUT2D eigenvalue weighted by Gasteiger charge is 2.39. The van der Waals surface area contributed by atoms with Crippen molar-refractivity contribution in [2.24, 2.45) is 10.7 Å². The number of hydrogen-bond donors (Lipinski definition) is 1. The molecule has 0 saturated heterocycles. The van der Waals surface area contributed by atoms with Gasteiger partial charge in [-0.25, -0.2) is 9.98 Å². The van der Waals surface area contributed by atoms with Crippen molar-refractivity contribution in [3.05, 3.63) is 103 Å². The molecule has 8 nitrogen and oxygen atoms in total. The average molecular weight is 647 g/mol. The van der Waals surface area contributed by atoms with Crippen LogP contribution in [0.4, 0.5) is 17.3 Å². The third kappa shape index (κ3) is 4.44. The predicted octanol–water partition coefficient (Wildman–Crippen LogP) is 10.9. The fourth-order valence-corrected chi connectivity index (χ4v) is 7.52. The van der Waals surface area contributed by atoms with Gasteiger partial charge in [-0.1, -0.05) is 70.2 Å². The Morgan fingerprint density at radius 3 is 2.18 bits per heavy atom. The standard InChI is InChI=1S/C39H32N6O2.C2H6/c1-4-11-28-34(40)25-14-9-19-43-39(25)44(28)30-15-7-12-23-26-20-33-27(21-32(26)46-36(23)30)24-13-8-16-31(37(24)47-33)45-29-17-10-18-42-35(29)22(5-2)38(45)41-6-3;1-2/h5-10,12-21,28,34H,2,4,11,40H2,1,3H3;1-2H3/b41-6-;. The van der Waals surface area contributed by atoms with Crippen LogP contribution in [0.3, 0.4) is 0 Å².